The van der Waals surface area contributed by atoms with Gasteiger partial charge in [-0.1, -0.05) is 210 Å². The minimum atomic E-state index is 0. The molecule has 0 heterocycles. The molecule has 0 atom stereocenters. The molecule has 0 spiro atoms. The summed E-state index contributed by atoms with van der Waals surface area (Å²) in [6, 6.07) is 41.6. The smallest absolute Gasteiger partial charge is 0 e. The Morgan fingerprint density at radius 1 is 0.326 bits per heavy atom. The van der Waals surface area contributed by atoms with E-state index < -0.39 is 0 Å². The van der Waals surface area contributed by atoms with Crippen LogP contribution in [-0.2, 0) is 65.4 Å². The zero-order valence-electron chi connectivity index (χ0n) is 30.2. The summed E-state index contributed by atoms with van der Waals surface area (Å²) in [6.07, 6.45) is 4.08. The van der Waals surface area contributed by atoms with E-state index in [9.17, 15) is 0 Å². The normalized spacial score (nSPS) is 7.21. The summed E-state index contributed by atoms with van der Waals surface area (Å²) in [7, 11) is 0. The van der Waals surface area contributed by atoms with Gasteiger partial charge in [0.25, 0.3) is 0 Å². The largest absolute Gasteiger partial charge is 0.346 e. The first kappa shape index (κ1) is 57.7. The summed E-state index contributed by atoms with van der Waals surface area (Å²) >= 11 is 0. The molecule has 0 saturated heterocycles. The Hall–Kier alpha value is -0.912. The Morgan fingerprint density at radius 3 is 0.558 bits per heavy atom. The van der Waals surface area contributed by atoms with Crippen LogP contribution in [0, 0.1) is 13.8 Å². The molecule has 2 radical (unpaired) electrons. The predicted molar refractivity (Wildman–Crippen MR) is 196 cm³/mol. The van der Waals surface area contributed by atoms with Gasteiger partial charge in [0.2, 0.25) is 0 Å². The van der Waals surface area contributed by atoms with Crippen LogP contribution >= 0.6 is 0 Å². The van der Waals surface area contributed by atoms with Gasteiger partial charge >= 0.3 is 0 Å². The fraction of sp³-hybridized carbons (Fsp3) is 0.366. The number of unbranched alkanes of at least 4 members (excludes halogenated alkanes) is 2. The van der Waals surface area contributed by atoms with Crippen LogP contribution in [0.25, 0.3) is 22.3 Å². The SMILES string of the molecule is CC.CC.CC.CC.CCCCC.[CH2-]C.[CH2-]C.[Y].[Y].c1ccc(-c2ccccc2)cc1.c1ccc(-c2ccccc2)cc1. The molecule has 4 aromatic rings. The van der Waals surface area contributed by atoms with Crippen molar-refractivity contribution in [3.63, 3.8) is 0 Å². The van der Waals surface area contributed by atoms with Crippen LogP contribution in [0.1, 0.15) is 102 Å². The molecule has 0 saturated carbocycles. The molecular weight excluding hydrogens is 670 g/mol. The third-order valence-corrected chi connectivity index (χ3v) is 4.47. The molecule has 238 valence electrons. The van der Waals surface area contributed by atoms with Gasteiger partial charge in [0.1, 0.15) is 0 Å². The van der Waals surface area contributed by atoms with Gasteiger partial charge in [-0.3, -0.25) is 0 Å². The Kier molecular flexibility index (Phi) is 76.3. The van der Waals surface area contributed by atoms with E-state index in [0.29, 0.717) is 0 Å². The molecule has 4 rings (SSSR count). The van der Waals surface area contributed by atoms with Gasteiger partial charge in [-0.25, -0.2) is 0 Å². The molecule has 0 N–H and O–H groups in total. The van der Waals surface area contributed by atoms with Gasteiger partial charge in [0, 0.05) is 65.4 Å². The molecule has 0 nitrogen and oxygen atoms in total. The minimum absolute atomic E-state index is 0. The molecule has 0 aromatic heterocycles. The summed E-state index contributed by atoms with van der Waals surface area (Å²) in [5.74, 6) is 0. The Morgan fingerprint density at radius 2 is 0.465 bits per heavy atom. The van der Waals surface area contributed by atoms with E-state index in [1.54, 1.807) is 13.8 Å². The van der Waals surface area contributed by atoms with Gasteiger partial charge in [-0.15, -0.1) is 0 Å². The van der Waals surface area contributed by atoms with Gasteiger partial charge < -0.3 is 13.8 Å². The maximum Gasteiger partial charge on any atom is 0 e. The molecule has 0 bridgehead atoms. The molecule has 0 aliphatic carbocycles. The third-order valence-electron chi connectivity index (χ3n) is 4.47. The van der Waals surface area contributed by atoms with Crippen LogP contribution in [0.15, 0.2) is 121 Å². The maximum atomic E-state index is 3.25. The summed E-state index contributed by atoms with van der Waals surface area (Å²) in [4.78, 5) is 0. The number of hydrogen-bond acceptors (Lipinski definition) is 0. The van der Waals surface area contributed by atoms with Crippen LogP contribution in [0.5, 0.6) is 0 Å². The summed E-state index contributed by atoms with van der Waals surface area (Å²) in [5.41, 5.74) is 5.10. The summed E-state index contributed by atoms with van der Waals surface area (Å²) in [5, 5.41) is 0. The summed E-state index contributed by atoms with van der Waals surface area (Å²) < 4.78 is 0. The maximum absolute atomic E-state index is 3.25. The van der Waals surface area contributed by atoms with Crippen LogP contribution < -0.4 is 0 Å². The van der Waals surface area contributed by atoms with Gasteiger partial charge in [0.05, 0.1) is 0 Å². The van der Waals surface area contributed by atoms with Crippen molar-refractivity contribution in [2.24, 2.45) is 0 Å². The Labute approximate surface area is 322 Å². The number of hydrogen-bond donors (Lipinski definition) is 0. The molecule has 0 aliphatic heterocycles. The van der Waals surface area contributed by atoms with Crippen molar-refractivity contribution in [1.29, 1.82) is 0 Å². The Balaban J connectivity index is -0.0000000785. The van der Waals surface area contributed by atoms with Crippen molar-refractivity contribution in [3.05, 3.63) is 135 Å². The van der Waals surface area contributed by atoms with Crippen molar-refractivity contribution < 1.29 is 65.4 Å². The second-order valence-electron chi connectivity index (χ2n) is 6.82. The quantitative estimate of drug-likeness (QED) is 0.183. The second-order valence-corrected chi connectivity index (χ2v) is 6.82. The molecule has 43 heavy (non-hydrogen) atoms. The van der Waals surface area contributed by atoms with E-state index in [2.05, 4.69) is 125 Å². The Bertz CT molecular complexity index is 726. The van der Waals surface area contributed by atoms with Crippen molar-refractivity contribution in [3.8, 4) is 22.3 Å². The first-order valence-electron chi connectivity index (χ1n) is 16.0. The predicted octanol–water partition coefficient (Wildman–Crippen LogP) is 14.7. The van der Waals surface area contributed by atoms with Crippen molar-refractivity contribution in [2.45, 2.75) is 102 Å². The van der Waals surface area contributed by atoms with Gasteiger partial charge in [0.15, 0.2) is 0 Å². The fourth-order valence-corrected chi connectivity index (χ4v) is 2.88. The fourth-order valence-electron chi connectivity index (χ4n) is 2.88. The van der Waals surface area contributed by atoms with Gasteiger partial charge in [-0.2, -0.15) is 13.8 Å². The minimum Gasteiger partial charge on any atom is -0.346 e. The monoisotopic (exact) mass is 736 g/mol. The van der Waals surface area contributed by atoms with E-state index in [4.69, 9.17) is 0 Å². The number of benzene rings is 4. The third kappa shape index (κ3) is 37.2. The van der Waals surface area contributed by atoms with Crippen molar-refractivity contribution >= 4 is 0 Å². The molecule has 0 unspecified atom stereocenters. The summed E-state index contributed by atoms with van der Waals surface area (Å²) in [6.45, 7) is 30.4. The van der Waals surface area contributed by atoms with Crippen LogP contribution in [0.4, 0.5) is 0 Å². The van der Waals surface area contributed by atoms with E-state index in [1.807, 2.05) is 79.7 Å². The van der Waals surface area contributed by atoms with E-state index in [1.165, 1.54) is 41.5 Å². The first-order valence-corrected chi connectivity index (χ1v) is 16.0. The van der Waals surface area contributed by atoms with E-state index in [0.717, 1.165) is 0 Å². The van der Waals surface area contributed by atoms with Gasteiger partial charge in [-0.05, 0) is 22.3 Å². The zero-order chi connectivity index (χ0) is 32.6. The zero-order valence-corrected chi connectivity index (χ0v) is 35.9. The second kappa shape index (κ2) is 56.8. The van der Waals surface area contributed by atoms with Crippen molar-refractivity contribution in [1.82, 2.24) is 0 Å². The van der Waals surface area contributed by atoms with Crippen LogP contribution in [-0.4, -0.2) is 0 Å². The molecule has 2 heteroatoms. The van der Waals surface area contributed by atoms with E-state index in [-0.39, 0.29) is 65.4 Å². The molecule has 0 fully saturated rings. The van der Waals surface area contributed by atoms with Crippen LogP contribution in [0.2, 0.25) is 0 Å². The topological polar surface area (TPSA) is 0 Å². The van der Waals surface area contributed by atoms with E-state index >= 15 is 0 Å². The molecular formula is C41H66Y2-2. The first-order chi connectivity index (χ1) is 20.3. The average molecular weight is 737 g/mol. The molecule has 4 aromatic carbocycles. The van der Waals surface area contributed by atoms with Crippen LogP contribution in [0.3, 0.4) is 0 Å². The standard InChI is InChI=1S/2C12H10.C5H12.4C2H6.2C2H5.2Y/c2*1-3-7-11(8-4-1)12-9-5-2-6-10-12;1-3-5-4-2;6*1-2;;/h2*1-10H;3-5H2,1-2H3;4*1-2H3;2*1H2,2H3;;/q;;;;;;;2*-1;;. The average Bonchev–Trinajstić information content (AvgIpc) is 3.12. The molecule has 0 amide bonds. The molecule has 0 aliphatic rings. The number of rotatable bonds is 4. The van der Waals surface area contributed by atoms with Crippen molar-refractivity contribution in [2.75, 3.05) is 0 Å².